The molecular formula is C19H34IN3O3. The number of nitrogens with one attached hydrogen (secondary N) is 2. The lowest BCUT2D eigenvalue weighted by molar-refractivity contribution is 0.0698. The average Bonchev–Trinajstić information content (AvgIpc) is 2.63. The molecule has 0 unspecified atom stereocenters. The van der Waals surface area contributed by atoms with Gasteiger partial charge in [0.25, 0.3) is 0 Å². The minimum Gasteiger partial charge on any atom is -0.492 e. The van der Waals surface area contributed by atoms with Crippen LogP contribution in [0, 0.1) is 0 Å². The number of benzene rings is 1. The normalized spacial score (nSPS) is 11.2. The van der Waals surface area contributed by atoms with E-state index in [1.165, 1.54) is 5.56 Å². The monoisotopic (exact) mass is 479 g/mol. The predicted molar refractivity (Wildman–Crippen MR) is 118 cm³/mol. The summed E-state index contributed by atoms with van der Waals surface area (Å²) in [5.74, 6) is 2.20. The van der Waals surface area contributed by atoms with Gasteiger partial charge in [-0.2, -0.15) is 0 Å². The largest absolute Gasteiger partial charge is 0.492 e. The van der Waals surface area contributed by atoms with Gasteiger partial charge in [0.15, 0.2) is 5.96 Å². The zero-order chi connectivity index (χ0) is 18.3. The number of rotatable bonds is 12. The zero-order valence-corrected chi connectivity index (χ0v) is 18.7. The van der Waals surface area contributed by atoms with E-state index in [-0.39, 0.29) is 24.0 Å². The lowest BCUT2D eigenvalue weighted by Crippen LogP contribution is -2.39. The molecule has 1 aromatic carbocycles. The first kappa shape index (κ1) is 24.9. The molecule has 6 nitrogen and oxygen atoms in total. The molecule has 1 rings (SSSR count). The molecular weight excluding hydrogens is 445 g/mol. The van der Waals surface area contributed by atoms with Crippen LogP contribution in [0.15, 0.2) is 29.3 Å². The second-order valence-electron chi connectivity index (χ2n) is 5.96. The van der Waals surface area contributed by atoms with Crippen molar-refractivity contribution in [2.24, 2.45) is 4.99 Å². The molecule has 1 aromatic rings. The number of aliphatic imine (C=N–C) groups is 1. The number of guanidine groups is 1. The number of ether oxygens (including phenoxy) is 3. The van der Waals surface area contributed by atoms with E-state index in [9.17, 15) is 0 Å². The minimum atomic E-state index is 0. The van der Waals surface area contributed by atoms with Crippen molar-refractivity contribution in [2.45, 2.75) is 26.2 Å². The van der Waals surface area contributed by atoms with Gasteiger partial charge in [0, 0.05) is 27.3 Å². The molecule has 0 radical (unpaired) electrons. The van der Waals surface area contributed by atoms with E-state index in [0.29, 0.717) is 38.9 Å². The maximum absolute atomic E-state index is 5.74. The molecule has 0 aliphatic rings. The van der Waals surface area contributed by atoms with Crippen molar-refractivity contribution >= 4 is 29.9 Å². The Morgan fingerprint density at radius 3 is 2.31 bits per heavy atom. The summed E-state index contributed by atoms with van der Waals surface area (Å²) in [5.41, 5.74) is 1.32. The summed E-state index contributed by atoms with van der Waals surface area (Å²) >= 11 is 0. The lowest BCUT2D eigenvalue weighted by Gasteiger charge is -2.13. The first-order chi connectivity index (χ1) is 12.2. The summed E-state index contributed by atoms with van der Waals surface area (Å²) < 4.78 is 16.1. The Morgan fingerprint density at radius 1 is 1.00 bits per heavy atom. The van der Waals surface area contributed by atoms with E-state index in [1.54, 1.807) is 14.2 Å². The topological polar surface area (TPSA) is 64.1 Å². The van der Waals surface area contributed by atoms with E-state index in [4.69, 9.17) is 14.2 Å². The van der Waals surface area contributed by atoms with Gasteiger partial charge in [-0.3, -0.25) is 4.99 Å². The zero-order valence-electron chi connectivity index (χ0n) is 16.4. The summed E-state index contributed by atoms with van der Waals surface area (Å²) in [5, 5.41) is 6.48. The van der Waals surface area contributed by atoms with E-state index < -0.39 is 0 Å². The molecule has 0 aliphatic carbocycles. The van der Waals surface area contributed by atoms with Gasteiger partial charge < -0.3 is 24.8 Å². The first-order valence-electron chi connectivity index (χ1n) is 8.91. The van der Waals surface area contributed by atoms with Crippen molar-refractivity contribution in [3.8, 4) is 5.75 Å². The van der Waals surface area contributed by atoms with Crippen LogP contribution in [0.25, 0.3) is 0 Å². The Balaban J connectivity index is 0.00000625. The van der Waals surface area contributed by atoms with Crippen LogP contribution in [0.2, 0.25) is 0 Å². The van der Waals surface area contributed by atoms with Crippen LogP contribution in [-0.4, -0.2) is 59.6 Å². The number of hydrogen-bond acceptors (Lipinski definition) is 4. The Kier molecular flexibility index (Phi) is 15.5. The fourth-order valence-electron chi connectivity index (χ4n) is 2.13. The molecule has 0 saturated heterocycles. The van der Waals surface area contributed by atoms with Crippen LogP contribution >= 0.6 is 24.0 Å². The van der Waals surface area contributed by atoms with Gasteiger partial charge in [0.1, 0.15) is 12.4 Å². The number of nitrogens with zero attached hydrogens (tertiary/aromatic N) is 1. The molecule has 0 fully saturated rings. The quantitative estimate of drug-likeness (QED) is 0.209. The van der Waals surface area contributed by atoms with Crippen molar-refractivity contribution in [1.29, 1.82) is 0 Å². The van der Waals surface area contributed by atoms with E-state index in [1.807, 2.05) is 12.1 Å². The van der Waals surface area contributed by atoms with Crippen molar-refractivity contribution in [2.75, 3.05) is 53.7 Å². The van der Waals surface area contributed by atoms with Crippen LogP contribution in [-0.2, 0) is 9.47 Å². The first-order valence-corrected chi connectivity index (χ1v) is 8.91. The van der Waals surface area contributed by atoms with Crippen molar-refractivity contribution in [3.05, 3.63) is 29.8 Å². The molecule has 26 heavy (non-hydrogen) atoms. The van der Waals surface area contributed by atoms with Gasteiger partial charge in [-0.05, 0) is 30.0 Å². The van der Waals surface area contributed by atoms with Gasteiger partial charge in [0.2, 0.25) is 0 Å². The summed E-state index contributed by atoms with van der Waals surface area (Å²) in [4.78, 5) is 4.19. The van der Waals surface area contributed by atoms with Gasteiger partial charge >= 0.3 is 0 Å². The SMILES string of the molecule is CN=C(NCCCOCCOC)NCCOc1ccc(C(C)C)cc1.I. The molecule has 0 spiro atoms. The summed E-state index contributed by atoms with van der Waals surface area (Å²) in [6.07, 6.45) is 0.920. The van der Waals surface area contributed by atoms with E-state index in [0.717, 1.165) is 24.7 Å². The highest BCUT2D eigenvalue weighted by Crippen LogP contribution is 2.18. The molecule has 0 atom stereocenters. The Morgan fingerprint density at radius 2 is 1.69 bits per heavy atom. The van der Waals surface area contributed by atoms with Gasteiger partial charge in [0.05, 0.1) is 19.8 Å². The Bertz CT molecular complexity index is 481. The Hall–Kier alpha value is -1.06. The molecule has 0 bridgehead atoms. The molecule has 150 valence electrons. The van der Waals surface area contributed by atoms with Crippen LogP contribution in [0.5, 0.6) is 5.75 Å². The van der Waals surface area contributed by atoms with Crippen molar-refractivity contribution < 1.29 is 14.2 Å². The minimum absolute atomic E-state index is 0. The molecule has 0 amide bonds. The fourth-order valence-corrected chi connectivity index (χ4v) is 2.13. The fraction of sp³-hybridized carbons (Fsp3) is 0.632. The maximum atomic E-state index is 5.74. The van der Waals surface area contributed by atoms with Gasteiger partial charge in [-0.25, -0.2) is 0 Å². The van der Waals surface area contributed by atoms with Crippen molar-refractivity contribution in [3.63, 3.8) is 0 Å². The summed E-state index contributed by atoms with van der Waals surface area (Å²) in [7, 11) is 3.43. The van der Waals surface area contributed by atoms with Gasteiger partial charge in [-0.1, -0.05) is 26.0 Å². The number of hydrogen-bond donors (Lipinski definition) is 2. The number of halogens is 1. The maximum Gasteiger partial charge on any atom is 0.191 e. The Labute approximate surface area is 175 Å². The molecule has 0 aromatic heterocycles. The van der Waals surface area contributed by atoms with Crippen LogP contribution in [0.1, 0.15) is 31.7 Å². The van der Waals surface area contributed by atoms with E-state index >= 15 is 0 Å². The second kappa shape index (κ2) is 16.1. The van der Waals surface area contributed by atoms with Crippen LogP contribution < -0.4 is 15.4 Å². The van der Waals surface area contributed by atoms with Crippen molar-refractivity contribution in [1.82, 2.24) is 10.6 Å². The average molecular weight is 479 g/mol. The summed E-state index contributed by atoms with van der Waals surface area (Å²) in [6, 6.07) is 8.27. The standard InChI is InChI=1S/C19H33N3O3.HI/c1-16(2)17-6-8-18(9-7-17)25-13-11-22-19(20-3)21-10-5-12-24-15-14-23-4;/h6-9,16H,5,10-15H2,1-4H3,(H2,20,21,22);1H. The van der Waals surface area contributed by atoms with E-state index in [2.05, 4.69) is 41.6 Å². The van der Waals surface area contributed by atoms with Crippen LogP contribution in [0.3, 0.4) is 0 Å². The highest BCUT2D eigenvalue weighted by Gasteiger charge is 2.00. The molecule has 2 N–H and O–H groups in total. The third-order valence-electron chi connectivity index (χ3n) is 3.62. The third-order valence-corrected chi connectivity index (χ3v) is 3.62. The molecule has 0 heterocycles. The van der Waals surface area contributed by atoms with Crippen LogP contribution in [0.4, 0.5) is 0 Å². The summed E-state index contributed by atoms with van der Waals surface area (Å²) in [6.45, 7) is 8.44. The lowest BCUT2D eigenvalue weighted by atomic mass is 10.0. The third kappa shape index (κ3) is 11.5. The highest BCUT2D eigenvalue weighted by atomic mass is 127. The molecule has 0 aliphatic heterocycles. The highest BCUT2D eigenvalue weighted by molar-refractivity contribution is 14.0. The second-order valence-corrected chi connectivity index (χ2v) is 5.96. The van der Waals surface area contributed by atoms with Gasteiger partial charge in [-0.15, -0.1) is 24.0 Å². The molecule has 0 saturated carbocycles. The predicted octanol–water partition coefficient (Wildman–Crippen LogP) is 3.02. The smallest absolute Gasteiger partial charge is 0.191 e. The number of methoxy groups -OCH3 is 1. The molecule has 7 heteroatoms.